The molecule has 32 heavy (non-hydrogen) atoms. The number of anilines is 1. The van der Waals surface area contributed by atoms with Gasteiger partial charge in [0.25, 0.3) is 5.91 Å². The number of ether oxygens (including phenoxy) is 2. The second-order valence-electron chi connectivity index (χ2n) is 8.43. The first-order chi connectivity index (χ1) is 15.5. The van der Waals surface area contributed by atoms with Crippen LogP contribution >= 0.6 is 11.3 Å². The summed E-state index contributed by atoms with van der Waals surface area (Å²) in [7, 11) is 3.16. The van der Waals surface area contributed by atoms with E-state index in [-0.39, 0.29) is 12.5 Å². The smallest absolute Gasteiger partial charge is 0.266 e. The zero-order chi connectivity index (χ0) is 22.7. The molecule has 0 unspecified atom stereocenters. The van der Waals surface area contributed by atoms with Gasteiger partial charge >= 0.3 is 0 Å². The van der Waals surface area contributed by atoms with Crippen molar-refractivity contribution in [3.05, 3.63) is 46.1 Å². The number of piperidine rings is 1. The summed E-state index contributed by atoms with van der Waals surface area (Å²) < 4.78 is 10.6. The number of fused-ring (bicyclic) bond motifs is 1. The minimum atomic E-state index is -0.154. The molecule has 0 bridgehead atoms. The number of aromatic nitrogens is 2. The molecule has 0 radical (unpaired) electrons. The number of rotatable bonds is 7. The first-order valence-electron chi connectivity index (χ1n) is 10.9. The highest BCUT2D eigenvalue weighted by atomic mass is 32.1. The Bertz CT molecular complexity index is 1090. The van der Waals surface area contributed by atoms with Crippen molar-refractivity contribution in [1.82, 2.24) is 14.9 Å². The molecule has 1 aliphatic rings. The number of carbonyl (C=O) groups excluding carboxylic acids is 1. The van der Waals surface area contributed by atoms with Gasteiger partial charge < -0.3 is 14.8 Å². The fraction of sp³-hybridized carbons (Fsp3) is 0.458. The molecule has 0 atom stereocenters. The van der Waals surface area contributed by atoms with E-state index in [1.807, 2.05) is 19.1 Å². The van der Waals surface area contributed by atoms with Crippen molar-refractivity contribution < 1.29 is 14.3 Å². The number of amides is 1. The van der Waals surface area contributed by atoms with E-state index >= 15 is 0 Å². The lowest BCUT2D eigenvalue weighted by molar-refractivity contribution is 0.103. The number of thiophene rings is 1. The van der Waals surface area contributed by atoms with Gasteiger partial charge in [0.05, 0.1) is 17.4 Å². The molecule has 0 saturated carbocycles. The fourth-order valence-electron chi connectivity index (χ4n) is 4.06. The van der Waals surface area contributed by atoms with Gasteiger partial charge in [-0.3, -0.25) is 9.69 Å². The Hall–Kier alpha value is -2.55. The molecule has 3 aromatic rings. The monoisotopic (exact) mass is 454 g/mol. The van der Waals surface area contributed by atoms with E-state index in [1.165, 1.54) is 29.7 Å². The van der Waals surface area contributed by atoms with E-state index in [4.69, 9.17) is 9.47 Å². The van der Waals surface area contributed by atoms with Gasteiger partial charge in [-0.15, -0.1) is 11.3 Å². The number of methoxy groups -OCH3 is 2. The maximum absolute atomic E-state index is 13.0. The molecule has 0 spiro atoms. The predicted molar refractivity (Wildman–Crippen MR) is 127 cm³/mol. The minimum absolute atomic E-state index is 0.154. The van der Waals surface area contributed by atoms with Gasteiger partial charge in [0, 0.05) is 19.3 Å². The van der Waals surface area contributed by atoms with Crippen LogP contribution in [-0.2, 0) is 17.9 Å². The number of nitrogens with zero attached hydrogens (tertiary/aromatic N) is 3. The number of aryl methyl sites for hydroxylation is 1. The predicted octanol–water partition coefficient (Wildman–Crippen LogP) is 4.64. The summed E-state index contributed by atoms with van der Waals surface area (Å²) >= 11 is 1.34. The summed E-state index contributed by atoms with van der Waals surface area (Å²) in [5, 5.41) is 3.79. The highest BCUT2D eigenvalue weighted by Crippen LogP contribution is 2.35. The SMILES string of the molecule is COCc1nc(OC)c2c(C)c(C(=O)Nc3ccc(CN4CCC(C)CC4)cc3)sc2n1. The molecular weight excluding hydrogens is 424 g/mol. The molecule has 170 valence electrons. The third-order valence-electron chi connectivity index (χ3n) is 5.97. The molecule has 3 heterocycles. The van der Waals surface area contributed by atoms with Gasteiger partial charge in [-0.25, -0.2) is 4.98 Å². The van der Waals surface area contributed by atoms with Crippen molar-refractivity contribution in [2.45, 2.75) is 39.8 Å². The fourth-order valence-corrected chi connectivity index (χ4v) is 5.15. The van der Waals surface area contributed by atoms with Crippen molar-refractivity contribution >= 4 is 33.1 Å². The van der Waals surface area contributed by atoms with Crippen LogP contribution in [0.3, 0.4) is 0 Å². The number of hydrogen-bond donors (Lipinski definition) is 1. The summed E-state index contributed by atoms with van der Waals surface area (Å²) in [6.07, 6.45) is 2.54. The molecular formula is C24H30N4O3S. The Balaban J connectivity index is 1.48. The standard InChI is InChI=1S/C24H30N4O3S/c1-15-9-11-28(12-10-15)13-17-5-7-18(8-6-17)25-22(29)21-16(2)20-23(31-4)26-19(14-30-3)27-24(20)32-21/h5-8,15H,9-14H2,1-4H3,(H,25,29). The van der Waals surface area contributed by atoms with Crippen LogP contribution in [0.5, 0.6) is 5.88 Å². The van der Waals surface area contributed by atoms with E-state index in [2.05, 4.69) is 39.2 Å². The lowest BCUT2D eigenvalue weighted by Gasteiger charge is -2.30. The third-order valence-corrected chi connectivity index (χ3v) is 7.15. The molecule has 1 fully saturated rings. The van der Waals surface area contributed by atoms with Crippen LogP contribution in [-0.4, -0.2) is 48.1 Å². The lowest BCUT2D eigenvalue weighted by atomic mass is 9.99. The van der Waals surface area contributed by atoms with E-state index < -0.39 is 0 Å². The molecule has 8 heteroatoms. The van der Waals surface area contributed by atoms with Gasteiger partial charge in [-0.05, 0) is 62.0 Å². The molecule has 7 nitrogen and oxygen atoms in total. The van der Waals surface area contributed by atoms with Gasteiger partial charge in [-0.2, -0.15) is 4.98 Å². The highest BCUT2D eigenvalue weighted by Gasteiger charge is 2.21. The van der Waals surface area contributed by atoms with Crippen molar-refractivity contribution in [2.24, 2.45) is 5.92 Å². The van der Waals surface area contributed by atoms with Crippen LogP contribution in [0.2, 0.25) is 0 Å². The van der Waals surface area contributed by atoms with Crippen LogP contribution < -0.4 is 10.1 Å². The Morgan fingerprint density at radius 1 is 1.19 bits per heavy atom. The number of likely N-dealkylation sites (tertiary alicyclic amines) is 1. The molecule has 4 rings (SSSR count). The normalized spacial score (nSPS) is 15.2. The summed E-state index contributed by atoms with van der Waals surface area (Å²) in [5.74, 6) is 1.67. The maximum atomic E-state index is 13.0. The van der Waals surface area contributed by atoms with Crippen LogP contribution in [0.15, 0.2) is 24.3 Å². The Morgan fingerprint density at radius 3 is 2.56 bits per heavy atom. The lowest BCUT2D eigenvalue weighted by Crippen LogP contribution is -2.32. The van der Waals surface area contributed by atoms with Gasteiger partial charge in [0.1, 0.15) is 11.4 Å². The number of benzene rings is 1. The Morgan fingerprint density at radius 2 is 1.91 bits per heavy atom. The second kappa shape index (κ2) is 9.94. The molecule has 1 N–H and O–H groups in total. The summed E-state index contributed by atoms with van der Waals surface area (Å²) in [6, 6.07) is 8.13. The molecule has 1 amide bonds. The van der Waals surface area contributed by atoms with Gasteiger partial charge in [0.2, 0.25) is 5.88 Å². The topological polar surface area (TPSA) is 76.6 Å². The average molecular weight is 455 g/mol. The zero-order valence-corrected chi connectivity index (χ0v) is 19.9. The van der Waals surface area contributed by atoms with Crippen molar-refractivity contribution in [3.63, 3.8) is 0 Å². The van der Waals surface area contributed by atoms with Crippen molar-refractivity contribution in [3.8, 4) is 5.88 Å². The van der Waals surface area contributed by atoms with Crippen molar-refractivity contribution in [2.75, 3.05) is 32.6 Å². The van der Waals surface area contributed by atoms with Crippen LogP contribution in [0, 0.1) is 12.8 Å². The van der Waals surface area contributed by atoms with Crippen LogP contribution in [0.25, 0.3) is 10.2 Å². The molecule has 2 aromatic heterocycles. The zero-order valence-electron chi connectivity index (χ0n) is 19.1. The summed E-state index contributed by atoms with van der Waals surface area (Å²) in [6.45, 7) is 7.78. The average Bonchev–Trinajstić information content (AvgIpc) is 3.13. The second-order valence-corrected chi connectivity index (χ2v) is 9.43. The van der Waals surface area contributed by atoms with E-state index in [0.717, 1.165) is 47.0 Å². The first kappa shape index (κ1) is 22.6. The molecule has 1 aliphatic heterocycles. The van der Waals surface area contributed by atoms with Crippen LogP contribution in [0.1, 0.15) is 46.4 Å². The first-order valence-corrected chi connectivity index (χ1v) is 11.8. The third kappa shape index (κ3) is 4.92. The highest BCUT2D eigenvalue weighted by molar-refractivity contribution is 7.20. The number of hydrogen-bond acceptors (Lipinski definition) is 7. The quantitative estimate of drug-likeness (QED) is 0.561. The largest absolute Gasteiger partial charge is 0.480 e. The van der Waals surface area contributed by atoms with Gasteiger partial charge in [0.15, 0.2) is 5.82 Å². The molecule has 1 saturated heterocycles. The number of nitrogens with one attached hydrogen (secondary N) is 1. The van der Waals surface area contributed by atoms with E-state index in [0.29, 0.717) is 16.6 Å². The molecule has 0 aliphatic carbocycles. The van der Waals surface area contributed by atoms with E-state index in [1.54, 1.807) is 14.2 Å². The minimum Gasteiger partial charge on any atom is -0.480 e. The maximum Gasteiger partial charge on any atom is 0.266 e. The Kier molecular flexibility index (Phi) is 7.03. The molecule has 1 aromatic carbocycles. The van der Waals surface area contributed by atoms with Gasteiger partial charge in [-0.1, -0.05) is 19.1 Å². The summed E-state index contributed by atoms with van der Waals surface area (Å²) in [5.41, 5.74) is 2.86. The summed E-state index contributed by atoms with van der Waals surface area (Å²) in [4.78, 5) is 25.8. The van der Waals surface area contributed by atoms with E-state index in [9.17, 15) is 4.79 Å². The van der Waals surface area contributed by atoms with Crippen molar-refractivity contribution in [1.29, 1.82) is 0 Å². The Labute approximate surface area is 192 Å². The number of carbonyl (C=O) groups is 1. The van der Waals surface area contributed by atoms with Crippen LogP contribution in [0.4, 0.5) is 5.69 Å².